The minimum Gasteiger partial charge on any atom is -0.756 e. The summed E-state index contributed by atoms with van der Waals surface area (Å²) < 4.78 is 19.8. The number of hydrogen-bond donors (Lipinski definition) is 2. The van der Waals surface area contributed by atoms with Crippen LogP contribution in [0.2, 0.25) is 0 Å². The highest BCUT2D eigenvalue weighted by molar-refractivity contribution is 7.45. The third-order valence-electron chi connectivity index (χ3n) is 1.79. The van der Waals surface area contributed by atoms with Crippen LogP contribution in [0.4, 0.5) is 0 Å². The fourth-order valence-electron chi connectivity index (χ4n) is 0.628. The van der Waals surface area contributed by atoms with Crippen molar-refractivity contribution < 1.29 is 28.7 Å². The van der Waals surface area contributed by atoms with E-state index in [4.69, 9.17) is 10.2 Å². The van der Waals surface area contributed by atoms with Gasteiger partial charge in [-0.15, -0.1) is 0 Å². The molecule has 2 unspecified atom stereocenters. The first kappa shape index (κ1) is 15.0. The summed E-state index contributed by atoms with van der Waals surface area (Å²) in [5, 5.41) is 18.1. The minimum atomic E-state index is -4.40. The average molecular weight is 241 g/mol. The van der Waals surface area contributed by atoms with Crippen LogP contribution < -0.4 is 4.89 Å². The Labute approximate surface area is 89.5 Å². The lowest BCUT2D eigenvalue weighted by molar-refractivity contribution is -0.229. The van der Waals surface area contributed by atoms with Crippen molar-refractivity contribution in [1.82, 2.24) is 0 Å². The molecular weight excluding hydrogens is 223 g/mol. The van der Waals surface area contributed by atoms with Gasteiger partial charge in [0, 0.05) is 0 Å². The molecule has 0 aromatic rings. The molecular formula is C8H18O6P-. The molecule has 0 aliphatic carbocycles. The molecule has 0 rings (SSSR count). The maximum atomic E-state index is 11.0. The Morgan fingerprint density at radius 1 is 1.13 bits per heavy atom. The fourth-order valence-corrected chi connectivity index (χ4v) is 1.41. The largest absolute Gasteiger partial charge is 0.756 e. The van der Waals surface area contributed by atoms with Gasteiger partial charge >= 0.3 is 0 Å². The van der Waals surface area contributed by atoms with Gasteiger partial charge in [-0.05, 0) is 12.8 Å². The van der Waals surface area contributed by atoms with Crippen LogP contribution in [0.5, 0.6) is 0 Å². The van der Waals surface area contributed by atoms with Crippen molar-refractivity contribution in [1.29, 1.82) is 0 Å². The second-order valence-electron chi connectivity index (χ2n) is 3.16. The monoisotopic (exact) mass is 241 g/mol. The molecule has 0 saturated carbocycles. The standard InChI is InChI=1S/C8H19O6P/c1-3-7(9)5-13-15(11,12)14-6-8(10)4-2/h7-10H,3-6H2,1-2H3,(H,11,12)/p-1. The second kappa shape index (κ2) is 7.33. The molecule has 0 aliphatic heterocycles. The third kappa shape index (κ3) is 7.90. The zero-order chi connectivity index (χ0) is 11.9. The van der Waals surface area contributed by atoms with Crippen molar-refractivity contribution in [2.24, 2.45) is 0 Å². The van der Waals surface area contributed by atoms with Gasteiger partial charge in [-0.25, -0.2) is 0 Å². The van der Waals surface area contributed by atoms with Gasteiger partial charge in [0.2, 0.25) is 0 Å². The van der Waals surface area contributed by atoms with Crippen LogP contribution in [0.25, 0.3) is 0 Å². The molecule has 0 saturated heterocycles. The molecule has 0 aromatic carbocycles. The highest BCUT2D eigenvalue weighted by atomic mass is 31.2. The summed E-state index contributed by atoms with van der Waals surface area (Å²) >= 11 is 0. The Morgan fingerprint density at radius 3 is 1.73 bits per heavy atom. The fraction of sp³-hybridized carbons (Fsp3) is 1.00. The number of phosphoric acid groups is 1. The average Bonchev–Trinajstić information content (AvgIpc) is 2.22. The summed E-state index contributed by atoms with van der Waals surface area (Å²) in [6.07, 6.45) is -0.853. The molecule has 2 N–H and O–H groups in total. The van der Waals surface area contributed by atoms with Crippen LogP contribution in [-0.4, -0.2) is 35.6 Å². The van der Waals surface area contributed by atoms with Crippen LogP contribution in [0.3, 0.4) is 0 Å². The molecule has 15 heavy (non-hydrogen) atoms. The number of hydrogen-bond acceptors (Lipinski definition) is 6. The van der Waals surface area contributed by atoms with Crippen molar-refractivity contribution in [3.05, 3.63) is 0 Å². The first-order chi connectivity index (χ1) is 6.91. The van der Waals surface area contributed by atoms with E-state index in [1.807, 2.05) is 0 Å². The summed E-state index contributed by atoms with van der Waals surface area (Å²) in [4.78, 5) is 11.0. The van der Waals surface area contributed by atoms with Crippen molar-refractivity contribution in [2.45, 2.75) is 38.9 Å². The van der Waals surface area contributed by atoms with Gasteiger partial charge in [0.05, 0.1) is 25.4 Å². The van der Waals surface area contributed by atoms with E-state index in [9.17, 15) is 9.46 Å². The van der Waals surface area contributed by atoms with Gasteiger partial charge in [0.15, 0.2) is 0 Å². The van der Waals surface area contributed by atoms with E-state index in [0.29, 0.717) is 12.8 Å². The molecule has 0 aliphatic rings. The number of aliphatic hydroxyl groups is 2. The molecule has 0 radical (unpaired) electrons. The summed E-state index contributed by atoms with van der Waals surface area (Å²) in [5.74, 6) is 0. The molecule has 0 fully saturated rings. The SMILES string of the molecule is CCC(O)COP(=O)([O-])OCC(O)CC. The first-order valence-electron chi connectivity index (χ1n) is 4.87. The quantitative estimate of drug-likeness (QED) is 0.581. The van der Waals surface area contributed by atoms with Crippen LogP contribution in [0, 0.1) is 0 Å². The minimum absolute atomic E-state index is 0.320. The highest BCUT2D eigenvalue weighted by Gasteiger charge is 2.13. The Bertz CT molecular complexity index is 191. The van der Waals surface area contributed by atoms with Gasteiger partial charge in [-0.2, -0.15) is 0 Å². The summed E-state index contributed by atoms with van der Waals surface area (Å²) in [6, 6.07) is 0. The molecule has 92 valence electrons. The summed E-state index contributed by atoms with van der Waals surface area (Å²) in [6.45, 7) is 2.76. The van der Waals surface area contributed by atoms with Crippen molar-refractivity contribution in [3.63, 3.8) is 0 Å². The van der Waals surface area contributed by atoms with Crippen LogP contribution >= 0.6 is 7.82 Å². The lowest BCUT2D eigenvalue weighted by Crippen LogP contribution is -2.20. The predicted molar refractivity (Wildman–Crippen MR) is 52.1 cm³/mol. The number of phosphoric ester groups is 1. The number of aliphatic hydroxyl groups excluding tert-OH is 2. The Kier molecular flexibility index (Phi) is 7.34. The zero-order valence-corrected chi connectivity index (χ0v) is 9.85. The van der Waals surface area contributed by atoms with Gasteiger partial charge in [-0.1, -0.05) is 13.8 Å². The van der Waals surface area contributed by atoms with Crippen molar-refractivity contribution in [2.75, 3.05) is 13.2 Å². The van der Waals surface area contributed by atoms with E-state index in [1.165, 1.54) is 0 Å². The molecule has 0 bridgehead atoms. The molecule has 2 atom stereocenters. The normalized spacial score (nSPS) is 19.5. The topological polar surface area (TPSA) is 99.1 Å². The van der Waals surface area contributed by atoms with Crippen LogP contribution in [0.1, 0.15) is 26.7 Å². The smallest absolute Gasteiger partial charge is 0.268 e. The first-order valence-corrected chi connectivity index (χ1v) is 6.33. The lowest BCUT2D eigenvalue weighted by atomic mass is 10.3. The van der Waals surface area contributed by atoms with E-state index in [1.54, 1.807) is 13.8 Å². The Morgan fingerprint density at radius 2 is 1.47 bits per heavy atom. The van der Waals surface area contributed by atoms with E-state index in [0.717, 1.165) is 0 Å². The van der Waals surface area contributed by atoms with Gasteiger partial charge in [-0.3, -0.25) is 4.57 Å². The van der Waals surface area contributed by atoms with Crippen LogP contribution in [-0.2, 0) is 13.6 Å². The lowest BCUT2D eigenvalue weighted by Gasteiger charge is -2.24. The molecule has 0 amide bonds. The number of rotatable bonds is 8. The zero-order valence-electron chi connectivity index (χ0n) is 8.96. The molecule has 0 heterocycles. The van der Waals surface area contributed by atoms with E-state index < -0.39 is 20.0 Å². The third-order valence-corrected chi connectivity index (χ3v) is 2.72. The van der Waals surface area contributed by atoms with E-state index in [-0.39, 0.29) is 13.2 Å². The van der Waals surface area contributed by atoms with Crippen LogP contribution in [0.15, 0.2) is 0 Å². The molecule has 0 spiro atoms. The Hall–Kier alpha value is 0.0300. The van der Waals surface area contributed by atoms with E-state index in [2.05, 4.69) is 9.05 Å². The maximum Gasteiger partial charge on any atom is 0.268 e. The van der Waals surface area contributed by atoms with Gasteiger partial charge in [0.1, 0.15) is 0 Å². The second-order valence-corrected chi connectivity index (χ2v) is 4.57. The molecule has 6 nitrogen and oxygen atoms in total. The maximum absolute atomic E-state index is 11.0. The molecule has 7 heteroatoms. The summed E-state index contributed by atoms with van der Waals surface area (Å²) in [7, 11) is -4.40. The van der Waals surface area contributed by atoms with E-state index >= 15 is 0 Å². The predicted octanol–water partition coefficient (Wildman–Crippen LogP) is 0.0298. The molecule has 0 aromatic heterocycles. The highest BCUT2D eigenvalue weighted by Crippen LogP contribution is 2.38. The van der Waals surface area contributed by atoms with Crippen molar-refractivity contribution in [3.8, 4) is 0 Å². The summed E-state index contributed by atoms with van der Waals surface area (Å²) in [5.41, 5.74) is 0. The Balaban J connectivity index is 3.81. The van der Waals surface area contributed by atoms with Gasteiger partial charge < -0.3 is 24.2 Å². The van der Waals surface area contributed by atoms with Crippen molar-refractivity contribution >= 4 is 7.82 Å². The van der Waals surface area contributed by atoms with Gasteiger partial charge in [0.25, 0.3) is 7.82 Å².